The van der Waals surface area contributed by atoms with Crippen molar-refractivity contribution in [2.75, 3.05) is 0 Å². The summed E-state index contributed by atoms with van der Waals surface area (Å²) < 4.78 is 38.6. The van der Waals surface area contributed by atoms with Gasteiger partial charge in [0.05, 0.1) is 12.5 Å². The van der Waals surface area contributed by atoms with Crippen molar-refractivity contribution in [3.8, 4) is 6.07 Å². The van der Waals surface area contributed by atoms with E-state index in [1.807, 2.05) is 0 Å². The number of aromatic nitrogens is 3. The predicted octanol–water partition coefficient (Wildman–Crippen LogP) is 1.94. The highest BCUT2D eigenvalue weighted by Gasteiger charge is 2.39. The molecule has 0 spiro atoms. The van der Waals surface area contributed by atoms with E-state index < -0.39 is 17.9 Å². The van der Waals surface area contributed by atoms with E-state index in [-0.39, 0.29) is 12.1 Å². The number of hydrogen-bond donors (Lipinski definition) is 0. The Morgan fingerprint density at radius 2 is 2.07 bits per heavy atom. The van der Waals surface area contributed by atoms with E-state index in [0.717, 1.165) is 4.68 Å². The van der Waals surface area contributed by atoms with Gasteiger partial charge in [0.2, 0.25) is 0 Å². The molecule has 7 heteroatoms. The maximum absolute atomic E-state index is 12.6. The van der Waals surface area contributed by atoms with Gasteiger partial charge in [0, 0.05) is 6.04 Å². The van der Waals surface area contributed by atoms with Gasteiger partial charge in [-0.1, -0.05) is 5.21 Å². The molecule has 0 aliphatic carbocycles. The Kier molecular flexibility index (Phi) is 2.98. The summed E-state index contributed by atoms with van der Waals surface area (Å²) in [6, 6.07) is 1.19. The highest BCUT2D eigenvalue weighted by molar-refractivity contribution is 5.17. The summed E-state index contributed by atoms with van der Waals surface area (Å²) in [6.07, 6.45) is -4.92. The minimum Gasteiger partial charge on any atom is -0.237 e. The van der Waals surface area contributed by atoms with E-state index >= 15 is 0 Å². The molecular formula is C8H9F3N4. The monoisotopic (exact) mass is 218 g/mol. The molecule has 0 aliphatic heterocycles. The van der Waals surface area contributed by atoms with E-state index in [4.69, 9.17) is 5.26 Å². The Morgan fingerprint density at radius 1 is 1.47 bits per heavy atom. The molecule has 1 aromatic heterocycles. The Morgan fingerprint density at radius 3 is 2.47 bits per heavy atom. The lowest BCUT2D eigenvalue weighted by Crippen LogP contribution is -2.18. The molecule has 0 atom stereocenters. The zero-order chi connectivity index (χ0) is 11.6. The number of nitrogens with zero attached hydrogens (tertiary/aromatic N) is 4. The number of nitriles is 1. The third-order valence-electron chi connectivity index (χ3n) is 1.77. The van der Waals surface area contributed by atoms with Crippen LogP contribution in [0.5, 0.6) is 0 Å². The first-order valence-electron chi connectivity index (χ1n) is 4.26. The number of alkyl halides is 3. The second kappa shape index (κ2) is 3.88. The molecule has 1 rings (SSSR count). The molecule has 0 aliphatic rings. The third-order valence-corrected chi connectivity index (χ3v) is 1.77. The van der Waals surface area contributed by atoms with Crippen LogP contribution >= 0.6 is 0 Å². The topological polar surface area (TPSA) is 54.5 Å². The van der Waals surface area contributed by atoms with E-state index in [2.05, 4.69) is 10.3 Å². The third kappa shape index (κ3) is 2.26. The molecule has 0 radical (unpaired) electrons. The summed E-state index contributed by atoms with van der Waals surface area (Å²) in [5.74, 6) is 0. The lowest BCUT2D eigenvalue weighted by molar-refractivity contribution is -0.145. The fourth-order valence-electron chi connectivity index (χ4n) is 1.18. The number of halogens is 3. The normalized spacial score (nSPS) is 11.8. The van der Waals surface area contributed by atoms with Gasteiger partial charge >= 0.3 is 6.18 Å². The summed E-state index contributed by atoms with van der Waals surface area (Å²) in [5.41, 5.74) is -1.25. The van der Waals surface area contributed by atoms with Crippen LogP contribution in [0.15, 0.2) is 0 Å². The Labute approximate surface area is 84.3 Å². The number of rotatable bonds is 2. The Hall–Kier alpha value is -1.58. The van der Waals surface area contributed by atoms with Gasteiger partial charge < -0.3 is 0 Å². The average molecular weight is 218 g/mol. The van der Waals surface area contributed by atoms with E-state index in [1.54, 1.807) is 19.9 Å². The first-order valence-corrected chi connectivity index (χ1v) is 4.26. The summed E-state index contributed by atoms with van der Waals surface area (Å²) in [6.45, 7) is 3.14. The molecule has 0 aromatic carbocycles. The molecule has 0 fully saturated rings. The van der Waals surface area contributed by atoms with Crippen LogP contribution < -0.4 is 0 Å². The van der Waals surface area contributed by atoms with Gasteiger partial charge in [-0.05, 0) is 13.8 Å². The fourth-order valence-corrected chi connectivity index (χ4v) is 1.18. The summed E-state index contributed by atoms with van der Waals surface area (Å²) in [5, 5.41) is 15.1. The second-order valence-electron chi connectivity index (χ2n) is 3.26. The fraction of sp³-hybridized carbons (Fsp3) is 0.625. The van der Waals surface area contributed by atoms with Crippen LogP contribution in [0, 0.1) is 11.3 Å². The first-order chi connectivity index (χ1) is 6.88. The molecule has 0 saturated carbocycles. The van der Waals surface area contributed by atoms with Crippen LogP contribution in [0.3, 0.4) is 0 Å². The molecule has 15 heavy (non-hydrogen) atoms. The van der Waals surface area contributed by atoms with Gasteiger partial charge in [0.1, 0.15) is 5.69 Å². The number of hydrogen-bond acceptors (Lipinski definition) is 3. The molecule has 0 saturated heterocycles. The average Bonchev–Trinajstić information content (AvgIpc) is 2.47. The maximum atomic E-state index is 12.6. The van der Waals surface area contributed by atoms with Gasteiger partial charge in [0.25, 0.3) is 0 Å². The van der Waals surface area contributed by atoms with Crippen molar-refractivity contribution in [2.24, 2.45) is 0 Å². The van der Waals surface area contributed by atoms with Gasteiger partial charge in [-0.3, -0.25) is 0 Å². The van der Waals surface area contributed by atoms with Crippen molar-refractivity contribution in [3.05, 3.63) is 11.4 Å². The van der Waals surface area contributed by atoms with Crippen LogP contribution in [-0.2, 0) is 12.6 Å². The summed E-state index contributed by atoms with van der Waals surface area (Å²) in [4.78, 5) is 0. The summed E-state index contributed by atoms with van der Waals surface area (Å²) >= 11 is 0. The standard InChI is InChI=1S/C8H9F3N4/c1-5(2)15-7(8(9,10)11)6(3-4-12)13-14-15/h5H,3H2,1-2H3. The molecule has 1 heterocycles. The molecule has 1 aromatic rings. The van der Waals surface area contributed by atoms with Gasteiger partial charge in [0.15, 0.2) is 5.69 Å². The van der Waals surface area contributed by atoms with Crippen LogP contribution in [-0.4, -0.2) is 15.0 Å². The van der Waals surface area contributed by atoms with Crippen molar-refractivity contribution in [3.63, 3.8) is 0 Å². The predicted molar refractivity (Wildman–Crippen MR) is 44.7 cm³/mol. The van der Waals surface area contributed by atoms with E-state index in [1.165, 1.54) is 0 Å². The minimum absolute atomic E-state index is 0.321. The van der Waals surface area contributed by atoms with Crippen LogP contribution in [0.1, 0.15) is 31.3 Å². The SMILES string of the molecule is CC(C)n1nnc(CC#N)c1C(F)(F)F. The Balaban J connectivity index is 3.28. The molecule has 0 N–H and O–H groups in total. The summed E-state index contributed by atoms with van der Waals surface area (Å²) in [7, 11) is 0. The van der Waals surface area contributed by atoms with Crippen LogP contribution in [0.2, 0.25) is 0 Å². The largest absolute Gasteiger partial charge is 0.434 e. The van der Waals surface area contributed by atoms with Gasteiger partial charge in [-0.2, -0.15) is 18.4 Å². The van der Waals surface area contributed by atoms with Crippen molar-refractivity contribution in [1.82, 2.24) is 15.0 Å². The Bertz CT molecular complexity index is 386. The smallest absolute Gasteiger partial charge is 0.237 e. The van der Waals surface area contributed by atoms with E-state index in [9.17, 15) is 13.2 Å². The van der Waals surface area contributed by atoms with Crippen molar-refractivity contribution < 1.29 is 13.2 Å². The van der Waals surface area contributed by atoms with Crippen molar-refractivity contribution in [1.29, 1.82) is 5.26 Å². The van der Waals surface area contributed by atoms with Crippen LogP contribution in [0.25, 0.3) is 0 Å². The van der Waals surface area contributed by atoms with Crippen molar-refractivity contribution >= 4 is 0 Å². The zero-order valence-corrected chi connectivity index (χ0v) is 8.21. The molecule has 0 bridgehead atoms. The van der Waals surface area contributed by atoms with Gasteiger partial charge in [-0.15, -0.1) is 5.10 Å². The molecule has 0 amide bonds. The second-order valence-corrected chi connectivity index (χ2v) is 3.26. The lowest BCUT2D eigenvalue weighted by Gasteiger charge is -2.12. The minimum atomic E-state index is -4.53. The first kappa shape index (κ1) is 11.5. The van der Waals surface area contributed by atoms with Gasteiger partial charge in [-0.25, -0.2) is 4.68 Å². The lowest BCUT2D eigenvalue weighted by atomic mass is 10.2. The highest BCUT2D eigenvalue weighted by Crippen LogP contribution is 2.32. The quantitative estimate of drug-likeness (QED) is 0.762. The highest BCUT2D eigenvalue weighted by atomic mass is 19.4. The van der Waals surface area contributed by atoms with E-state index in [0.29, 0.717) is 0 Å². The molecule has 82 valence electrons. The molecular weight excluding hydrogens is 209 g/mol. The molecule has 0 unspecified atom stereocenters. The molecule has 4 nitrogen and oxygen atoms in total. The zero-order valence-electron chi connectivity index (χ0n) is 8.21. The maximum Gasteiger partial charge on any atom is 0.434 e. The van der Waals surface area contributed by atoms with Crippen LogP contribution in [0.4, 0.5) is 13.2 Å². The van der Waals surface area contributed by atoms with Crippen molar-refractivity contribution in [2.45, 2.75) is 32.5 Å².